The molecule has 7 nitrogen and oxygen atoms in total. The Balaban J connectivity index is 1.34. The molecule has 1 atom stereocenters. The lowest BCUT2D eigenvalue weighted by molar-refractivity contribution is -0.141. The summed E-state index contributed by atoms with van der Waals surface area (Å²) in [6, 6.07) is 5.72. The van der Waals surface area contributed by atoms with Crippen LogP contribution in [0.3, 0.4) is 0 Å². The zero-order chi connectivity index (χ0) is 18.8. The highest BCUT2D eigenvalue weighted by Crippen LogP contribution is 2.33. The van der Waals surface area contributed by atoms with E-state index in [0.29, 0.717) is 44.1 Å². The van der Waals surface area contributed by atoms with Crippen LogP contribution in [0.4, 0.5) is 5.82 Å². The molecular weight excluding hydrogens is 342 g/mol. The number of nitriles is 1. The first-order valence-corrected chi connectivity index (χ1v) is 9.85. The average molecular weight is 367 g/mol. The topological polar surface area (TPSA) is 80.5 Å². The van der Waals surface area contributed by atoms with Gasteiger partial charge in [-0.25, -0.2) is 4.98 Å². The van der Waals surface area contributed by atoms with Gasteiger partial charge in [0.05, 0.1) is 11.5 Å². The number of carbonyl (C=O) groups is 2. The van der Waals surface area contributed by atoms with E-state index in [2.05, 4.69) is 16.0 Å². The fourth-order valence-corrected chi connectivity index (χ4v) is 4.10. The summed E-state index contributed by atoms with van der Waals surface area (Å²) < 4.78 is 0. The van der Waals surface area contributed by atoms with E-state index < -0.39 is 0 Å². The van der Waals surface area contributed by atoms with Gasteiger partial charge in [-0.15, -0.1) is 0 Å². The molecule has 2 amide bonds. The molecule has 1 unspecified atom stereocenters. The molecular formula is C20H25N5O2. The minimum absolute atomic E-state index is 0.0717. The fourth-order valence-electron chi connectivity index (χ4n) is 4.10. The zero-order valence-electron chi connectivity index (χ0n) is 15.5. The number of aromatic nitrogens is 1. The van der Waals surface area contributed by atoms with Crippen molar-refractivity contribution in [1.82, 2.24) is 14.8 Å². The third kappa shape index (κ3) is 3.75. The maximum Gasteiger partial charge on any atom is 0.227 e. The predicted octanol–water partition coefficient (Wildman–Crippen LogP) is 1.25. The molecule has 27 heavy (non-hydrogen) atoms. The number of hydrogen-bond donors (Lipinski definition) is 0. The van der Waals surface area contributed by atoms with E-state index >= 15 is 0 Å². The number of pyridine rings is 1. The van der Waals surface area contributed by atoms with Gasteiger partial charge in [-0.2, -0.15) is 5.26 Å². The summed E-state index contributed by atoms with van der Waals surface area (Å²) in [6.45, 7) is 3.99. The molecule has 3 fully saturated rings. The van der Waals surface area contributed by atoms with Crippen molar-refractivity contribution in [3.8, 4) is 6.07 Å². The second-order valence-electron chi connectivity index (χ2n) is 7.70. The Morgan fingerprint density at radius 3 is 2.44 bits per heavy atom. The van der Waals surface area contributed by atoms with Crippen LogP contribution in [0.25, 0.3) is 0 Å². The average Bonchev–Trinajstić information content (AvgIpc) is 3.58. The fraction of sp³-hybridized carbons (Fsp3) is 0.600. The smallest absolute Gasteiger partial charge is 0.227 e. The highest BCUT2D eigenvalue weighted by atomic mass is 16.2. The molecule has 7 heteroatoms. The molecule has 4 rings (SSSR count). The van der Waals surface area contributed by atoms with Crippen LogP contribution in [0, 0.1) is 23.2 Å². The van der Waals surface area contributed by atoms with Crippen molar-refractivity contribution in [3.05, 3.63) is 23.9 Å². The first-order valence-electron chi connectivity index (χ1n) is 9.85. The third-order valence-electron chi connectivity index (χ3n) is 5.81. The molecule has 3 heterocycles. The Morgan fingerprint density at radius 2 is 1.74 bits per heavy atom. The normalized spacial score (nSPS) is 23.1. The summed E-state index contributed by atoms with van der Waals surface area (Å²) in [5.74, 6) is 1.26. The highest BCUT2D eigenvalue weighted by molar-refractivity contribution is 5.83. The Hall–Kier alpha value is -2.62. The Bertz CT molecular complexity index is 762. The van der Waals surface area contributed by atoms with Gasteiger partial charge >= 0.3 is 0 Å². The molecule has 3 aliphatic rings. The van der Waals surface area contributed by atoms with E-state index in [4.69, 9.17) is 0 Å². The van der Waals surface area contributed by atoms with E-state index in [1.54, 1.807) is 18.3 Å². The molecule has 2 saturated heterocycles. The predicted molar refractivity (Wildman–Crippen MR) is 99.8 cm³/mol. The molecule has 1 aliphatic carbocycles. The van der Waals surface area contributed by atoms with Crippen molar-refractivity contribution in [2.45, 2.75) is 25.7 Å². The summed E-state index contributed by atoms with van der Waals surface area (Å²) in [5, 5.41) is 9.26. The van der Waals surface area contributed by atoms with Crippen LogP contribution in [0.2, 0.25) is 0 Å². The van der Waals surface area contributed by atoms with Gasteiger partial charge in [0.25, 0.3) is 0 Å². The number of likely N-dealkylation sites (tertiary alicyclic amines) is 1. The first kappa shape index (κ1) is 17.8. The van der Waals surface area contributed by atoms with Gasteiger partial charge in [-0.3, -0.25) is 9.59 Å². The minimum Gasteiger partial charge on any atom is -0.352 e. The molecule has 0 spiro atoms. The largest absolute Gasteiger partial charge is 0.352 e. The van der Waals surface area contributed by atoms with Crippen molar-refractivity contribution < 1.29 is 9.59 Å². The number of hydrogen-bond acceptors (Lipinski definition) is 5. The van der Waals surface area contributed by atoms with Crippen LogP contribution < -0.4 is 4.90 Å². The third-order valence-corrected chi connectivity index (χ3v) is 5.81. The van der Waals surface area contributed by atoms with Gasteiger partial charge in [0.1, 0.15) is 11.9 Å². The van der Waals surface area contributed by atoms with Crippen LogP contribution in [-0.2, 0) is 9.59 Å². The maximum atomic E-state index is 13.0. The van der Waals surface area contributed by atoms with E-state index in [9.17, 15) is 14.9 Å². The SMILES string of the molecule is N#Cc1cccnc1N1CCN(C(=O)C2CCCN(C(=O)C3CC3)C2)CC1. The van der Waals surface area contributed by atoms with Gasteiger partial charge in [0, 0.05) is 51.4 Å². The number of piperidine rings is 1. The summed E-state index contributed by atoms with van der Waals surface area (Å²) in [4.78, 5) is 35.5. The lowest BCUT2D eigenvalue weighted by atomic mass is 9.95. The number of nitrogens with zero attached hydrogens (tertiary/aromatic N) is 5. The number of carbonyl (C=O) groups excluding carboxylic acids is 2. The molecule has 1 saturated carbocycles. The van der Waals surface area contributed by atoms with Crippen molar-refractivity contribution in [3.63, 3.8) is 0 Å². The lowest BCUT2D eigenvalue weighted by Gasteiger charge is -2.39. The van der Waals surface area contributed by atoms with Crippen LogP contribution in [0.5, 0.6) is 0 Å². The van der Waals surface area contributed by atoms with Gasteiger partial charge < -0.3 is 14.7 Å². The van der Waals surface area contributed by atoms with Gasteiger partial charge in [0.15, 0.2) is 0 Å². The summed E-state index contributed by atoms with van der Waals surface area (Å²) >= 11 is 0. The van der Waals surface area contributed by atoms with Crippen LogP contribution in [0.15, 0.2) is 18.3 Å². The van der Waals surface area contributed by atoms with Gasteiger partial charge in [-0.1, -0.05) is 0 Å². The second-order valence-corrected chi connectivity index (χ2v) is 7.70. The Morgan fingerprint density at radius 1 is 1.00 bits per heavy atom. The molecule has 0 radical (unpaired) electrons. The molecule has 0 N–H and O–H groups in total. The number of piperazine rings is 1. The Labute approximate surface area is 159 Å². The van der Waals surface area contributed by atoms with Gasteiger partial charge in [-0.05, 0) is 37.8 Å². The monoisotopic (exact) mass is 367 g/mol. The van der Waals surface area contributed by atoms with Crippen LogP contribution in [-0.4, -0.2) is 65.9 Å². The van der Waals surface area contributed by atoms with E-state index in [-0.39, 0.29) is 23.7 Å². The molecule has 0 aromatic carbocycles. The standard InChI is InChI=1S/C20H25N5O2/c21-13-16-3-1-7-22-18(16)23-9-11-24(12-10-23)20(27)17-4-2-8-25(14-17)19(26)15-5-6-15/h1,3,7,15,17H,2,4-6,8-12,14H2. The summed E-state index contributed by atoms with van der Waals surface area (Å²) in [7, 11) is 0. The lowest BCUT2D eigenvalue weighted by Crippen LogP contribution is -2.53. The van der Waals surface area contributed by atoms with Crippen molar-refractivity contribution in [2.75, 3.05) is 44.2 Å². The van der Waals surface area contributed by atoms with Crippen LogP contribution >= 0.6 is 0 Å². The molecule has 1 aromatic rings. The van der Waals surface area contributed by atoms with Crippen molar-refractivity contribution in [2.24, 2.45) is 11.8 Å². The molecule has 0 bridgehead atoms. The number of anilines is 1. The Kier molecular flexibility index (Phi) is 4.97. The number of rotatable bonds is 3. The summed E-state index contributed by atoms with van der Waals surface area (Å²) in [6.07, 6.45) is 5.49. The van der Waals surface area contributed by atoms with Crippen molar-refractivity contribution in [1.29, 1.82) is 5.26 Å². The van der Waals surface area contributed by atoms with E-state index in [1.807, 2.05) is 9.80 Å². The maximum absolute atomic E-state index is 13.0. The first-order chi connectivity index (χ1) is 13.2. The minimum atomic E-state index is -0.0717. The number of amides is 2. The van der Waals surface area contributed by atoms with Crippen molar-refractivity contribution >= 4 is 17.6 Å². The highest BCUT2D eigenvalue weighted by Gasteiger charge is 2.38. The van der Waals surface area contributed by atoms with E-state index in [0.717, 1.165) is 32.2 Å². The zero-order valence-corrected chi connectivity index (χ0v) is 15.5. The van der Waals surface area contributed by atoms with Crippen LogP contribution in [0.1, 0.15) is 31.2 Å². The molecule has 1 aromatic heterocycles. The summed E-state index contributed by atoms with van der Waals surface area (Å²) in [5.41, 5.74) is 0.568. The van der Waals surface area contributed by atoms with Gasteiger partial charge in [0.2, 0.25) is 11.8 Å². The second kappa shape index (κ2) is 7.55. The molecule has 2 aliphatic heterocycles. The van der Waals surface area contributed by atoms with E-state index in [1.165, 1.54) is 0 Å². The quantitative estimate of drug-likeness (QED) is 0.803. The molecule has 142 valence electrons.